The van der Waals surface area contributed by atoms with Crippen LogP contribution in [0.25, 0.3) is 11.3 Å². The van der Waals surface area contributed by atoms with Crippen molar-refractivity contribution in [2.45, 2.75) is 18.9 Å². The molecule has 1 amide bonds. The second-order valence-corrected chi connectivity index (χ2v) is 5.71. The maximum atomic E-state index is 12.3. The first kappa shape index (κ1) is 19.8. The van der Waals surface area contributed by atoms with Crippen LogP contribution in [0.1, 0.15) is 23.4 Å². The van der Waals surface area contributed by atoms with Crippen molar-refractivity contribution in [1.82, 2.24) is 5.32 Å². The summed E-state index contributed by atoms with van der Waals surface area (Å²) in [4.78, 5) is 27.4. The van der Waals surface area contributed by atoms with Crippen molar-refractivity contribution in [3.8, 4) is 17.1 Å². The van der Waals surface area contributed by atoms with Crippen molar-refractivity contribution < 1.29 is 23.8 Å². The highest BCUT2D eigenvalue weighted by Crippen LogP contribution is 2.25. The van der Waals surface area contributed by atoms with Crippen LogP contribution in [0.3, 0.4) is 0 Å². The van der Waals surface area contributed by atoms with Gasteiger partial charge in [0, 0.05) is 12.1 Å². The Hall–Kier alpha value is -3.49. The molecule has 1 aromatic heterocycles. The number of nitrogens with two attached hydrogens (primary N) is 2. The van der Waals surface area contributed by atoms with Crippen molar-refractivity contribution in [3.63, 3.8) is 0 Å². The summed E-state index contributed by atoms with van der Waals surface area (Å²) >= 11 is 0. The average Bonchev–Trinajstić information content (AvgIpc) is 3.14. The number of ether oxygens (including phenoxy) is 1. The molecule has 0 bridgehead atoms. The third-order valence-electron chi connectivity index (χ3n) is 3.73. The van der Waals surface area contributed by atoms with E-state index >= 15 is 0 Å². The van der Waals surface area contributed by atoms with Gasteiger partial charge in [0.1, 0.15) is 17.6 Å². The molecule has 1 atom stereocenters. The first-order chi connectivity index (χ1) is 12.9. The number of nitrogens with zero attached hydrogens (tertiary/aromatic N) is 1. The lowest BCUT2D eigenvalue weighted by molar-refractivity contribution is -0.139. The van der Waals surface area contributed by atoms with Crippen LogP contribution >= 0.6 is 0 Å². The molecule has 0 spiro atoms. The summed E-state index contributed by atoms with van der Waals surface area (Å²) in [6.07, 6.45) is 0.587. The maximum Gasteiger partial charge on any atom is 0.326 e. The molecule has 0 aliphatic rings. The number of carboxylic acids is 1. The zero-order valence-electron chi connectivity index (χ0n) is 14.8. The zero-order chi connectivity index (χ0) is 19.8. The lowest BCUT2D eigenvalue weighted by atomic mass is 10.1. The van der Waals surface area contributed by atoms with Crippen LogP contribution in [-0.4, -0.2) is 42.6 Å². The third-order valence-corrected chi connectivity index (χ3v) is 3.73. The summed E-state index contributed by atoms with van der Waals surface area (Å²) in [5, 5.41) is 11.7. The number of aliphatic imine (C=N–C) groups is 1. The Labute approximate surface area is 156 Å². The van der Waals surface area contributed by atoms with Gasteiger partial charge in [0.15, 0.2) is 11.7 Å². The van der Waals surface area contributed by atoms with Crippen molar-refractivity contribution in [3.05, 3.63) is 42.2 Å². The first-order valence-electron chi connectivity index (χ1n) is 8.24. The van der Waals surface area contributed by atoms with Crippen LogP contribution in [0.5, 0.6) is 5.75 Å². The van der Waals surface area contributed by atoms with E-state index in [1.807, 2.05) is 6.07 Å². The number of nitrogens with one attached hydrogen (secondary N) is 1. The molecule has 1 heterocycles. The molecular formula is C18H22N4O5. The normalized spacial score (nSPS) is 11.4. The molecule has 2 aromatic rings. The summed E-state index contributed by atoms with van der Waals surface area (Å²) in [6, 6.07) is 9.22. The van der Waals surface area contributed by atoms with E-state index in [0.29, 0.717) is 17.9 Å². The zero-order valence-corrected chi connectivity index (χ0v) is 14.8. The van der Waals surface area contributed by atoms with Gasteiger partial charge in [0.25, 0.3) is 5.91 Å². The summed E-state index contributed by atoms with van der Waals surface area (Å²) in [5.41, 5.74) is 11.2. The molecule has 0 unspecified atom stereocenters. The number of hydrogen-bond acceptors (Lipinski definition) is 5. The number of furan rings is 1. The van der Waals surface area contributed by atoms with Gasteiger partial charge in [0.2, 0.25) is 0 Å². The van der Waals surface area contributed by atoms with E-state index in [9.17, 15) is 14.7 Å². The van der Waals surface area contributed by atoms with E-state index < -0.39 is 17.9 Å². The van der Waals surface area contributed by atoms with Crippen molar-refractivity contribution in [1.29, 1.82) is 0 Å². The summed E-state index contributed by atoms with van der Waals surface area (Å²) < 4.78 is 10.7. The van der Waals surface area contributed by atoms with Crippen molar-refractivity contribution in [2.24, 2.45) is 16.5 Å². The Bertz CT molecular complexity index is 827. The van der Waals surface area contributed by atoms with Gasteiger partial charge in [-0.25, -0.2) is 4.79 Å². The molecule has 0 fully saturated rings. The van der Waals surface area contributed by atoms with E-state index in [4.69, 9.17) is 20.6 Å². The highest BCUT2D eigenvalue weighted by atomic mass is 16.5. The predicted molar refractivity (Wildman–Crippen MR) is 99.5 cm³/mol. The van der Waals surface area contributed by atoms with E-state index in [2.05, 4.69) is 10.3 Å². The minimum absolute atomic E-state index is 0.0169. The minimum atomic E-state index is -1.15. The second-order valence-electron chi connectivity index (χ2n) is 5.71. The summed E-state index contributed by atoms with van der Waals surface area (Å²) in [5.74, 6) is -0.679. The molecule has 9 nitrogen and oxygen atoms in total. The number of methoxy groups -OCH3 is 1. The number of benzene rings is 1. The topological polar surface area (TPSA) is 153 Å². The number of carboxylic acid groups (broad SMARTS) is 1. The Kier molecular flexibility index (Phi) is 6.81. The minimum Gasteiger partial charge on any atom is -0.497 e. The van der Waals surface area contributed by atoms with Crippen LogP contribution < -0.4 is 21.5 Å². The lowest BCUT2D eigenvalue weighted by Crippen LogP contribution is -2.40. The molecule has 0 aliphatic heterocycles. The smallest absolute Gasteiger partial charge is 0.326 e. The van der Waals surface area contributed by atoms with Crippen LogP contribution in [-0.2, 0) is 4.79 Å². The molecular weight excluding hydrogens is 352 g/mol. The number of guanidine groups is 1. The molecule has 0 saturated heterocycles. The van der Waals surface area contributed by atoms with Gasteiger partial charge in [-0.15, -0.1) is 0 Å². The monoisotopic (exact) mass is 374 g/mol. The quantitative estimate of drug-likeness (QED) is 0.292. The molecule has 0 saturated carbocycles. The van der Waals surface area contributed by atoms with Crippen LogP contribution in [0.15, 0.2) is 45.8 Å². The second kappa shape index (κ2) is 9.27. The number of amides is 1. The fraction of sp³-hybridized carbons (Fsp3) is 0.278. The molecule has 0 aliphatic carbocycles. The fourth-order valence-electron chi connectivity index (χ4n) is 2.38. The average molecular weight is 374 g/mol. The fourth-order valence-corrected chi connectivity index (χ4v) is 2.38. The van der Waals surface area contributed by atoms with Gasteiger partial charge in [-0.2, -0.15) is 0 Å². The third kappa shape index (κ3) is 5.77. The maximum absolute atomic E-state index is 12.3. The first-order valence-corrected chi connectivity index (χ1v) is 8.24. The number of carbonyl (C=O) groups excluding carboxylic acids is 1. The number of rotatable bonds is 9. The molecule has 6 N–H and O–H groups in total. The number of carbonyl (C=O) groups is 2. The van der Waals surface area contributed by atoms with E-state index in [1.54, 1.807) is 31.4 Å². The highest BCUT2D eigenvalue weighted by Gasteiger charge is 2.22. The lowest BCUT2D eigenvalue weighted by Gasteiger charge is -2.13. The standard InChI is InChI=1S/C18H22N4O5/c1-26-12-5-2-4-11(10-12)14-7-8-15(27-14)16(23)22-13(17(24)25)6-3-9-21-18(19)20/h2,4-5,7-8,10,13H,3,6,9H2,1H3,(H,22,23)(H,24,25)(H4,19,20,21)/t13-/m1/s1. The Morgan fingerprint density at radius 2 is 2.07 bits per heavy atom. The van der Waals surface area contributed by atoms with E-state index in [-0.39, 0.29) is 24.7 Å². The largest absolute Gasteiger partial charge is 0.497 e. The van der Waals surface area contributed by atoms with Crippen LogP contribution in [0.4, 0.5) is 0 Å². The number of aliphatic carboxylic acids is 1. The van der Waals surface area contributed by atoms with Gasteiger partial charge in [-0.05, 0) is 37.1 Å². The Balaban J connectivity index is 2.02. The molecule has 0 radical (unpaired) electrons. The molecule has 1 aromatic carbocycles. The Morgan fingerprint density at radius 1 is 1.30 bits per heavy atom. The summed E-state index contributed by atoms with van der Waals surface area (Å²) in [7, 11) is 1.55. The van der Waals surface area contributed by atoms with E-state index in [1.165, 1.54) is 6.07 Å². The van der Waals surface area contributed by atoms with E-state index in [0.717, 1.165) is 5.56 Å². The predicted octanol–water partition coefficient (Wildman–Crippen LogP) is 1.19. The van der Waals surface area contributed by atoms with Crippen LogP contribution in [0.2, 0.25) is 0 Å². The SMILES string of the molecule is COc1cccc(-c2ccc(C(=O)N[C@H](CCCN=C(N)N)C(=O)O)o2)c1. The van der Waals surface area contributed by atoms with Gasteiger partial charge in [-0.1, -0.05) is 12.1 Å². The Morgan fingerprint density at radius 3 is 2.74 bits per heavy atom. The van der Waals surface area contributed by atoms with Gasteiger partial charge < -0.3 is 31.0 Å². The number of hydrogen-bond donors (Lipinski definition) is 4. The van der Waals surface area contributed by atoms with Gasteiger partial charge >= 0.3 is 5.97 Å². The van der Waals surface area contributed by atoms with Crippen LogP contribution in [0, 0.1) is 0 Å². The highest BCUT2D eigenvalue weighted by molar-refractivity contribution is 5.94. The summed E-state index contributed by atoms with van der Waals surface area (Å²) in [6.45, 7) is 0.280. The van der Waals surface area contributed by atoms with Gasteiger partial charge in [-0.3, -0.25) is 9.79 Å². The molecule has 144 valence electrons. The molecule has 9 heteroatoms. The van der Waals surface area contributed by atoms with Gasteiger partial charge in [0.05, 0.1) is 7.11 Å². The van der Waals surface area contributed by atoms with Crippen molar-refractivity contribution in [2.75, 3.05) is 13.7 Å². The molecule has 27 heavy (non-hydrogen) atoms. The molecule has 2 rings (SSSR count). The van der Waals surface area contributed by atoms with Crippen molar-refractivity contribution >= 4 is 17.8 Å².